The fourth-order valence-corrected chi connectivity index (χ4v) is 2.78. The fourth-order valence-electron chi connectivity index (χ4n) is 2.78. The van der Waals surface area contributed by atoms with Gasteiger partial charge in [-0.3, -0.25) is 4.79 Å². The van der Waals surface area contributed by atoms with Crippen LogP contribution in [0.15, 0.2) is 64.9 Å². The van der Waals surface area contributed by atoms with Crippen molar-refractivity contribution in [2.75, 3.05) is 13.1 Å². The van der Waals surface area contributed by atoms with Crippen LogP contribution in [0.1, 0.15) is 28.1 Å². The number of carbonyl (C=O) groups excluding carboxylic acids is 1. The summed E-state index contributed by atoms with van der Waals surface area (Å²) < 4.78 is 5.20. The van der Waals surface area contributed by atoms with E-state index in [1.54, 1.807) is 23.1 Å². The highest BCUT2D eigenvalue weighted by atomic mass is 16.6. The lowest BCUT2D eigenvalue weighted by Gasteiger charge is -2.22. The summed E-state index contributed by atoms with van der Waals surface area (Å²) in [4.78, 5) is 19.7. The Labute approximate surface area is 141 Å². The summed E-state index contributed by atoms with van der Waals surface area (Å²) in [7, 11) is 0. The summed E-state index contributed by atoms with van der Waals surface area (Å²) >= 11 is 0. The molecule has 0 saturated heterocycles. The number of oxime groups is 1. The van der Waals surface area contributed by atoms with Crippen molar-refractivity contribution in [2.45, 2.75) is 19.4 Å². The molecule has 1 unspecified atom stereocenters. The Morgan fingerprint density at radius 1 is 1.38 bits per heavy atom. The molecular formula is C19H20N2O3. The van der Waals surface area contributed by atoms with Crippen LogP contribution in [0.25, 0.3) is 0 Å². The molecule has 5 heteroatoms. The highest BCUT2D eigenvalue weighted by Gasteiger charge is 2.28. The zero-order valence-electron chi connectivity index (χ0n) is 13.6. The molecule has 0 aliphatic carbocycles. The van der Waals surface area contributed by atoms with Gasteiger partial charge in [0.05, 0.1) is 18.5 Å². The van der Waals surface area contributed by atoms with Crippen LogP contribution >= 0.6 is 0 Å². The van der Waals surface area contributed by atoms with Gasteiger partial charge in [0.1, 0.15) is 0 Å². The Kier molecular flexibility index (Phi) is 4.79. The van der Waals surface area contributed by atoms with Gasteiger partial charge in [0.15, 0.2) is 11.9 Å². The molecule has 5 nitrogen and oxygen atoms in total. The van der Waals surface area contributed by atoms with Gasteiger partial charge in [-0.1, -0.05) is 35.5 Å². The molecule has 0 N–H and O–H groups in total. The van der Waals surface area contributed by atoms with Gasteiger partial charge in [0, 0.05) is 18.5 Å². The molecule has 1 aliphatic rings. The minimum Gasteiger partial charge on any atom is -0.459 e. The molecule has 2 heterocycles. The third kappa shape index (κ3) is 3.40. The summed E-state index contributed by atoms with van der Waals surface area (Å²) in [6.07, 6.45) is 3.69. The molecule has 1 amide bonds. The largest absolute Gasteiger partial charge is 0.459 e. The summed E-state index contributed by atoms with van der Waals surface area (Å²) in [5.41, 5.74) is 3.17. The number of amides is 1. The van der Waals surface area contributed by atoms with Crippen LogP contribution in [0.4, 0.5) is 0 Å². The van der Waals surface area contributed by atoms with E-state index in [2.05, 4.69) is 24.7 Å². The molecule has 1 aromatic carbocycles. The van der Waals surface area contributed by atoms with Crippen molar-refractivity contribution in [3.63, 3.8) is 0 Å². The van der Waals surface area contributed by atoms with Gasteiger partial charge in [0.25, 0.3) is 5.91 Å². The van der Waals surface area contributed by atoms with E-state index in [1.807, 2.05) is 18.2 Å². The normalized spacial score (nSPS) is 16.4. The average molecular weight is 324 g/mol. The van der Waals surface area contributed by atoms with Crippen LogP contribution in [-0.2, 0) is 4.84 Å². The zero-order valence-corrected chi connectivity index (χ0v) is 13.6. The van der Waals surface area contributed by atoms with E-state index in [-0.39, 0.29) is 12.0 Å². The maximum absolute atomic E-state index is 12.5. The summed E-state index contributed by atoms with van der Waals surface area (Å²) in [6, 6.07) is 11.4. The van der Waals surface area contributed by atoms with Crippen molar-refractivity contribution >= 4 is 11.6 Å². The van der Waals surface area contributed by atoms with Crippen molar-refractivity contribution in [1.29, 1.82) is 0 Å². The van der Waals surface area contributed by atoms with Crippen LogP contribution in [0, 0.1) is 6.92 Å². The molecule has 1 aromatic heterocycles. The van der Waals surface area contributed by atoms with Crippen LogP contribution in [0.2, 0.25) is 0 Å². The maximum Gasteiger partial charge on any atom is 0.289 e. The number of rotatable bonds is 6. The molecular weight excluding hydrogens is 304 g/mol. The van der Waals surface area contributed by atoms with Crippen molar-refractivity contribution < 1.29 is 14.0 Å². The predicted molar refractivity (Wildman–Crippen MR) is 92.0 cm³/mol. The first-order valence-electron chi connectivity index (χ1n) is 7.91. The predicted octanol–water partition coefficient (Wildman–Crippen LogP) is 3.41. The standard InChI is InChI=1S/C19H20N2O3/c1-3-10-21(19(22)18-9-6-11-23-18)13-15-12-17(20-24-15)16-8-5-4-7-14(16)2/h3-9,11,15H,1,10,12-13H2,2H3. The minimum absolute atomic E-state index is 0.168. The van der Waals surface area contributed by atoms with Gasteiger partial charge in [-0.25, -0.2) is 0 Å². The summed E-state index contributed by atoms with van der Waals surface area (Å²) in [5.74, 6) is 0.141. The quantitative estimate of drug-likeness (QED) is 0.765. The molecule has 0 spiro atoms. The third-order valence-electron chi connectivity index (χ3n) is 3.98. The SMILES string of the molecule is C=CCN(CC1CC(c2ccccc2C)=NO1)C(=O)c1ccco1. The number of furan rings is 1. The van der Waals surface area contributed by atoms with Gasteiger partial charge in [0.2, 0.25) is 0 Å². The molecule has 0 saturated carbocycles. The van der Waals surface area contributed by atoms with Crippen LogP contribution in [-0.4, -0.2) is 35.7 Å². The van der Waals surface area contributed by atoms with Gasteiger partial charge < -0.3 is 14.2 Å². The maximum atomic E-state index is 12.5. The first kappa shape index (κ1) is 16.1. The second kappa shape index (κ2) is 7.17. The van der Waals surface area contributed by atoms with Crippen LogP contribution in [0.5, 0.6) is 0 Å². The summed E-state index contributed by atoms with van der Waals surface area (Å²) in [5, 5.41) is 4.21. The van der Waals surface area contributed by atoms with E-state index >= 15 is 0 Å². The van der Waals surface area contributed by atoms with E-state index in [0.717, 1.165) is 16.8 Å². The Bertz CT molecular complexity index is 750. The minimum atomic E-state index is -0.173. The first-order chi connectivity index (χ1) is 11.7. The third-order valence-corrected chi connectivity index (χ3v) is 3.98. The molecule has 0 bridgehead atoms. The lowest BCUT2D eigenvalue weighted by molar-refractivity contribution is 0.0432. The topological polar surface area (TPSA) is 55.0 Å². The molecule has 0 radical (unpaired) electrons. The Balaban J connectivity index is 1.66. The lowest BCUT2D eigenvalue weighted by atomic mass is 10.0. The Hall–Kier alpha value is -2.82. The number of aryl methyl sites for hydroxylation is 1. The molecule has 1 atom stereocenters. The van der Waals surface area contributed by atoms with Gasteiger partial charge >= 0.3 is 0 Å². The van der Waals surface area contributed by atoms with Crippen LogP contribution in [0.3, 0.4) is 0 Å². The van der Waals surface area contributed by atoms with Gasteiger partial charge in [-0.05, 0) is 24.6 Å². The average Bonchev–Trinajstić information content (AvgIpc) is 3.26. The number of hydrogen-bond acceptors (Lipinski definition) is 4. The molecule has 124 valence electrons. The fraction of sp³-hybridized carbons (Fsp3) is 0.263. The van der Waals surface area contributed by atoms with E-state index in [9.17, 15) is 4.79 Å². The van der Waals surface area contributed by atoms with Crippen LogP contribution < -0.4 is 0 Å². The van der Waals surface area contributed by atoms with E-state index in [0.29, 0.717) is 25.3 Å². The number of hydrogen-bond donors (Lipinski definition) is 0. The highest BCUT2D eigenvalue weighted by molar-refractivity contribution is 6.02. The van der Waals surface area contributed by atoms with Gasteiger partial charge in [-0.2, -0.15) is 0 Å². The van der Waals surface area contributed by atoms with Crippen molar-refractivity contribution in [2.24, 2.45) is 5.16 Å². The molecule has 2 aromatic rings. The van der Waals surface area contributed by atoms with Gasteiger partial charge in [-0.15, -0.1) is 6.58 Å². The molecule has 1 aliphatic heterocycles. The molecule has 0 fully saturated rings. The van der Waals surface area contributed by atoms with Crippen molar-refractivity contribution in [3.8, 4) is 0 Å². The number of benzene rings is 1. The number of carbonyl (C=O) groups is 1. The molecule has 3 rings (SSSR count). The Morgan fingerprint density at radius 3 is 2.92 bits per heavy atom. The van der Waals surface area contributed by atoms with E-state index < -0.39 is 0 Å². The van der Waals surface area contributed by atoms with E-state index in [1.165, 1.54) is 6.26 Å². The number of nitrogens with zero attached hydrogens (tertiary/aromatic N) is 2. The second-order valence-electron chi connectivity index (χ2n) is 5.76. The zero-order chi connectivity index (χ0) is 16.9. The highest BCUT2D eigenvalue weighted by Crippen LogP contribution is 2.20. The van der Waals surface area contributed by atoms with E-state index in [4.69, 9.17) is 9.25 Å². The second-order valence-corrected chi connectivity index (χ2v) is 5.76. The molecule has 24 heavy (non-hydrogen) atoms. The van der Waals surface area contributed by atoms with Crippen molar-refractivity contribution in [1.82, 2.24) is 4.90 Å². The monoisotopic (exact) mass is 324 g/mol. The lowest BCUT2D eigenvalue weighted by Crippen LogP contribution is -2.37. The first-order valence-corrected chi connectivity index (χ1v) is 7.91. The summed E-state index contributed by atoms with van der Waals surface area (Å²) in [6.45, 7) is 6.63. The Morgan fingerprint density at radius 2 is 2.21 bits per heavy atom. The smallest absolute Gasteiger partial charge is 0.289 e. The van der Waals surface area contributed by atoms with Crippen molar-refractivity contribution in [3.05, 3.63) is 72.2 Å².